The number of benzene rings is 1. The summed E-state index contributed by atoms with van der Waals surface area (Å²) in [6.07, 6.45) is 0. The van der Waals surface area contributed by atoms with Crippen molar-refractivity contribution in [2.45, 2.75) is 11.1 Å². The van der Waals surface area contributed by atoms with Gasteiger partial charge in [0.05, 0.1) is 5.56 Å². The van der Waals surface area contributed by atoms with Gasteiger partial charge in [0.25, 0.3) is 10.0 Å². The van der Waals surface area contributed by atoms with E-state index in [0.717, 1.165) is 4.88 Å². The molecule has 0 bridgehead atoms. The van der Waals surface area contributed by atoms with Gasteiger partial charge in [0.2, 0.25) is 0 Å². The number of hydrogen-bond donors (Lipinski definition) is 2. The highest BCUT2D eigenvalue weighted by molar-refractivity contribution is 7.94. The maximum atomic E-state index is 12.0. The molecule has 1 aromatic heterocycles. The molecule has 0 saturated carbocycles. The van der Waals surface area contributed by atoms with Crippen LogP contribution in [0, 0.1) is 6.92 Å². The fourth-order valence-corrected chi connectivity index (χ4v) is 3.78. The van der Waals surface area contributed by atoms with Gasteiger partial charge in [-0.15, -0.1) is 11.3 Å². The number of hydrogen-bond acceptors (Lipinski definition) is 4. The molecule has 19 heavy (non-hydrogen) atoms. The van der Waals surface area contributed by atoms with Crippen molar-refractivity contribution >= 4 is 33.0 Å². The lowest BCUT2D eigenvalue weighted by Gasteiger charge is -2.06. The molecule has 2 aromatic rings. The number of carboxylic acids is 1. The summed E-state index contributed by atoms with van der Waals surface area (Å²) in [7, 11) is -3.60. The van der Waals surface area contributed by atoms with Gasteiger partial charge in [-0.05, 0) is 43.3 Å². The van der Waals surface area contributed by atoms with Gasteiger partial charge in [-0.2, -0.15) is 0 Å². The first-order valence-corrected chi connectivity index (χ1v) is 7.61. The van der Waals surface area contributed by atoms with Crippen molar-refractivity contribution in [3.05, 3.63) is 46.8 Å². The first kappa shape index (κ1) is 13.6. The maximum absolute atomic E-state index is 12.0. The molecule has 0 aliphatic heterocycles. The number of thiophene rings is 1. The molecule has 0 aliphatic carbocycles. The predicted octanol–water partition coefficient (Wildman–Crippen LogP) is 2.56. The second kappa shape index (κ2) is 5.02. The summed E-state index contributed by atoms with van der Waals surface area (Å²) in [5.41, 5.74) is 0.436. The largest absolute Gasteiger partial charge is 0.478 e. The van der Waals surface area contributed by atoms with Crippen LogP contribution in [0.4, 0.5) is 5.69 Å². The summed E-state index contributed by atoms with van der Waals surface area (Å²) in [5, 5.41) is 8.75. The number of carboxylic acid groups (broad SMARTS) is 1. The zero-order chi connectivity index (χ0) is 14.0. The molecule has 100 valence electrons. The number of aromatic carboxylic acids is 1. The average molecular weight is 297 g/mol. The lowest BCUT2D eigenvalue weighted by Crippen LogP contribution is -2.11. The second-order valence-corrected chi connectivity index (χ2v) is 7.05. The molecule has 0 amide bonds. The van der Waals surface area contributed by atoms with Gasteiger partial charge in [-0.25, -0.2) is 13.2 Å². The summed E-state index contributed by atoms with van der Waals surface area (Å²) in [5.74, 6) is -1.05. The molecule has 0 aliphatic rings. The van der Waals surface area contributed by atoms with Crippen LogP contribution in [0.3, 0.4) is 0 Å². The summed E-state index contributed by atoms with van der Waals surface area (Å²) in [4.78, 5) is 11.6. The number of aryl methyl sites for hydroxylation is 1. The molecule has 0 saturated heterocycles. The van der Waals surface area contributed by atoms with Crippen LogP contribution in [-0.2, 0) is 10.0 Å². The van der Waals surface area contributed by atoms with E-state index in [0.29, 0.717) is 5.69 Å². The van der Waals surface area contributed by atoms with E-state index < -0.39 is 16.0 Å². The average Bonchev–Trinajstić information content (AvgIpc) is 2.77. The van der Waals surface area contributed by atoms with Gasteiger partial charge in [-0.3, -0.25) is 4.72 Å². The zero-order valence-corrected chi connectivity index (χ0v) is 11.6. The quantitative estimate of drug-likeness (QED) is 0.908. The number of sulfonamides is 1. The molecule has 0 atom stereocenters. The molecular weight excluding hydrogens is 286 g/mol. The summed E-state index contributed by atoms with van der Waals surface area (Å²) in [6, 6.07) is 8.79. The van der Waals surface area contributed by atoms with E-state index in [2.05, 4.69) is 4.72 Å². The maximum Gasteiger partial charge on any atom is 0.335 e. The molecule has 5 nitrogen and oxygen atoms in total. The Labute approximate surface area is 114 Å². The Morgan fingerprint density at radius 3 is 2.26 bits per heavy atom. The van der Waals surface area contributed by atoms with Crippen LogP contribution in [0.2, 0.25) is 0 Å². The third-order valence-electron chi connectivity index (χ3n) is 2.36. The molecule has 7 heteroatoms. The highest BCUT2D eigenvalue weighted by Crippen LogP contribution is 2.23. The van der Waals surface area contributed by atoms with Crippen molar-refractivity contribution in [3.8, 4) is 0 Å². The van der Waals surface area contributed by atoms with Crippen LogP contribution in [0.5, 0.6) is 0 Å². The van der Waals surface area contributed by atoms with E-state index in [1.807, 2.05) is 6.92 Å². The molecule has 0 spiro atoms. The van der Waals surface area contributed by atoms with Crippen molar-refractivity contribution in [2.24, 2.45) is 0 Å². The smallest absolute Gasteiger partial charge is 0.335 e. The standard InChI is InChI=1S/C12H11NO4S2/c1-8-2-7-11(18-8)19(16,17)13-10-5-3-9(4-6-10)12(14)15/h2-7,13H,1H3,(H,14,15). The van der Waals surface area contributed by atoms with E-state index in [9.17, 15) is 13.2 Å². The van der Waals surface area contributed by atoms with Crippen molar-refractivity contribution in [2.75, 3.05) is 4.72 Å². The van der Waals surface area contributed by atoms with Crippen LogP contribution in [0.15, 0.2) is 40.6 Å². The molecule has 0 unspecified atom stereocenters. The van der Waals surface area contributed by atoms with Gasteiger partial charge >= 0.3 is 5.97 Å². The summed E-state index contributed by atoms with van der Waals surface area (Å²) < 4.78 is 26.7. The van der Waals surface area contributed by atoms with Crippen LogP contribution >= 0.6 is 11.3 Å². The third kappa shape index (κ3) is 3.12. The SMILES string of the molecule is Cc1ccc(S(=O)(=O)Nc2ccc(C(=O)O)cc2)s1. The van der Waals surface area contributed by atoms with E-state index in [4.69, 9.17) is 5.11 Å². The van der Waals surface area contributed by atoms with E-state index in [1.54, 1.807) is 6.07 Å². The van der Waals surface area contributed by atoms with Gasteiger partial charge in [0.1, 0.15) is 4.21 Å². The van der Waals surface area contributed by atoms with Crippen LogP contribution in [0.1, 0.15) is 15.2 Å². The minimum absolute atomic E-state index is 0.106. The lowest BCUT2D eigenvalue weighted by molar-refractivity contribution is 0.0697. The Balaban J connectivity index is 2.23. The van der Waals surface area contributed by atoms with E-state index in [1.165, 1.54) is 41.7 Å². The van der Waals surface area contributed by atoms with Crippen molar-refractivity contribution in [3.63, 3.8) is 0 Å². The Morgan fingerprint density at radius 1 is 1.16 bits per heavy atom. The molecule has 2 rings (SSSR count). The number of nitrogens with one attached hydrogen (secondary N) is 1. The van der Waals surface area contributed by atoms with Gasteiger partial charge in [0, 0.05) is 10.6 Å². The topological polar surface area (TPSA) is 83.5 Å². The zero-order valence-electron chi connectivity index (χ0n) is 9.95. The first-order chi connectivity index (χ1) is 8.88. The Kier molecular flexibility index (Phi) is 3.59. The van der Waals surface area contributed by atoms with Crippen LogP contribution < -0.4 is 4.72 Å². The third-order valence-corrected chi connectivity index (χ3v) is 5.24. The second-order valence-electron chi connectivity index (χ2n) is 3.85. The Bertz CT molecular complexity index is 702. The van der Waals surface area contributed by atoms with Crippen molar-refractivity contribution < 1.29 is 18.3 Å². The number of anilines is 1. The fourth-order valence-electron chi connectivity index (χ4n) is 1.44. The predicted molar refractivity (Wildman–Crippen MR) is 73.3 cm³/mol. The lowest BCUT2D eigenvalue weighted by atomic mass is 10.2. The molecule has 2 N–H and O–H groups in total. The van der Waals surface area contributed by atoms with Crippen LogP contribution in [0.25, 0.3) is 0 Å². The van der Waals surface area contributed by atoms with Crippen molar-refractivity contribution in [1.82, 2.24) is 0 Å². The normalized spacial score (nSPS) is 11.2. The number of carbonyl (C=O) groups is 1. The minimum Gasteiger partial charge on any atom is -0.478 e. The first-order valence-electron chi connectivity index (χ1n) is 5.31. The van der Waals surface area contributed by atoms with E-state index >= 15 is 0 Å². The van der Waals surface area contributed by atoms with Gasteiger partial charge in [-0.1, -0.05) is 0 Å². The highest BCUT2D eigenvalue weighted by Gasteiger charge is 2.16. The highest BCUT2D eigenvalue weighted by atomic mass is 32.2. The summed E-state index contributed by atoms with van der Waals surface area (Å²) >= 11 is 1.18. The Morgan fingerprint density at radius 2 is 1.79 bits per heavy atom. The van der Waals surface area contributed by atoms with Crippen LogP contribution in [-0.4, -0.2) is 19.5 Å². The monoisotopic (exact) mass is 297 g/mol. The molecule has 1 aromatic carbocycles. The van der Waals surface area contributed by atoms with E-state index in [-0.39, 0.29) is 9.77 Å². The molecule has 0 radical (unpaired) electrons. The molecular formula is C12H11NO4S2. The van der Waals surface area contributed by atoms with Gasteiger partial charge in [0.15, 0.2) is 0 Å². The molecule has 0 fully saturated rings. The minimum atomic E-state index is -3.60. The Hall–Kier alpha value is -1.86. The fraction of sp³-hybridized carbons (Fsp3) is 0.0833. The van der Waals surface area contributed by atoms with Crippen molar-refractivity contribution in [1.29, 1.82) is 0 Å². The molecule has 1 heterocycles. The van der Waals surface area contributed by atoms with Gasteiger partial charge < -0.3 is 5.11 Å². The summed E-state index contributed by atoms with van der Waals surface area (Å²) in [6.45, 7) is 1.82. The number of rotatable bonds is 4.